The minimum atomic E-state index is 0.390. The number of rotatable bonds is 3. The van der Waals surface area contributed by atoms with Gasteiger partial charge in [-0.15, -0.1) is 23.3 Å². The van der Waals surface area contributed by atoms with Crippen molar-refractivity contribution in [3.63, 3.8) is 0 Å². The summed E-state index contributed by atoms with van der Waals surface area (Å²) in [6.07, 6.45) is 1.38. The molecule has 0 aromatic heterocycles. The summed E-state index contributed by atoms with van der Waals surface area (Å²) in [5.74, 6) is 0.390. The first kappa shape index (κ1) is 21.2. The van der Waals surface area contributed by atoms with E-state index in [0.717, 1.165) is 13.1 Å². The highest BCUT2D eigenvalue weighted by atomic mass is 33.1. The minimum absolute atomic E-state index is 0.390. The molecule has 24 heavy (non-hydrogen) atoms. The largest absolute Gasteiger partial charge is 0.300 e. The summed E-state index contributed by atoms with van der Waals surface area (Å²) in [5.41, 5.74) is 2.48. The zero-order valence-corrected chi connectivity index (χ0v) is 16.8. The minimum Gasteiger partial charge on any atom is -0.300 e. The number of hydrogen-bond donors (Lipinski definition) is 2. The Kier molecular flexibility index (Phi) is 11.0. The van der Waals surface area contributed by atoms with Gasteiger partial charge < -0.3 is 0 Å². The average molecular weight is 380 g/mol. The smallest absolute Gasteiger partial charge is 0.135 e. The van der Waals surface area contributed by atoms with E-state index in [-0.39, 0.29) is 0 Å². The molecule has 0 saturated carbocycles. The standard InChI is InChI=1S/C17H17NOS.C2H6.H2S2/c19-16-10-12-18(13-11-16)20-17-8-6-15(7-9-17)14-4-2-1-3-5-14;2*1-2/h1-9H,10-13H2;1-2H3;1-2H. The second kappa shape index (κ2) is 12.5. The first-order valence-corrected chi connectivity index (χ1v) is 10.5. The maximum absolute atomic E-state index is 11.2. The lowest BCUT2D eigenvalue weighted by Crippen LogP contribution is -2.28. The predicted octanol–water partition coefficient (Wildman–Crippen LogP) is 5.81. The molecule has 1 heterocycles. The molecule has 2 aromatic rings. The Hall–Kier alpha value is -0.880. The van der Waals surface area contributed by atoms with Gasteiger partial charge in [-0.25, -0.2) is 4.31 Å². The van der Waals surface area contributed by atoms with Crippen molar-refractivity contribution in [1.29, 1.82) is 0 Å². The van der Waals surface area contributed by atoms with Crippen LogP contribution < -0.4 is 0 Å². The molecule has 1 aliphatic heterocycles. The van der Waals surface area contributed by atoms with E-state index in [9.17, 15) is 4.79 Å². The Bertz CT molecular complexity index is 577. The van der Waals surface area contributed by atoms with E-state index in [1.165, 1.54) is 16.0 Å². The van der Waals surface area contributed by atoms with Crippen LogP contribution in [0.25, 0.3) is 11.1 Å². The number of carbonyl (C=O) groups is 1. The number of Topliss-reactive ketones (excluding diaryl/α,β-unsaturated/α-hetero) is 1. The van der Waals surface area contributed by atoms with E-state index in [0.29, 0.717) is 18.6 Å². The van der Waals surface area contributed by atoms with Crippen molar-refractivity contribution < 1.29 is 4.79 Å². The maximum atomic E-state index is 11.2. The molecule has 2 nitrogen and oxygen atoms in total. The van der Waals surface area contributed by atoms with Crippen LogP contribution in [0.3, 0.4) is 0 Å². The van der Waals surface area contributed by atoms with Gasteiger partial charge in [0.25, 0.3) is 0 Å². The van der Waals surface area contributed by atoms with Crippen LogP contribution in [0, 0.1) is 0 Å². The predicted molar refractivity (Wildman–Crippen MR) is 113 cm³/mol. The van der Waals surface area contributed by atoms with Crippen LogP contribution >= 0.6 is 35.3 Å². The molecule has 0 spiro atoms. The van der Waals surface area contributed by atoms with Gasteiger partial charge >= 0.3 is 0 Å². The molecule has 1 fully saturated rings. The Morgan fingerprint density at radius 1 is 0.833 bits per heavy atom. The van der Waals surface area contributed by atoms with Crippen molar-refractivity contribution in [2.75, 3.05) is 13.1 Å². The molecule has 0 unspecified atom stereocenters. The number of benzene rings is 2. The monoisotopic (exact) mass is 379 g/mol. The third kappa shape index (κ3) is 6.93. The third-order valence-corrected chi connectivity index (χ3v) is 4.58. The highest BCUT2D eigenvalue weighted by Gasteiger charge is 2.16. The van der Waals surface area contributed by atoms with Gasteiger partial charge in [0.2, 0.25) is 0 Å². The number of ketones is 1. The summed E-state index contributed by atoms with van der Waals surface area (Å²) in [4.78, 5) is 12.5. The van der Waals surface area contributed by atoms with E-state index in [4.69, 9.17) is 0 Å². The van der Waals surface area contributed by atoms with E-state index in [2.05, 4.69) is 76.2 Å². The van der Waals surface area contributed by atoms with Gasteiger partial charge in [0.15, 0.2) is 0 Å². The fourth-order valence-corrected chi connectivity index (χ4v) is 3.24. The third-order valence-electron chi connectivity index (χ3n) is 3.48. The van der Waals surface area contributed by atoms with E-state index >= 15 is 0 Å². The molecule has 0 N–H and O–H groups in total. The van der Waals surface area contributed by atoms with E-state index in [1.807, 2.05) is 19.9 Å². The van der Waals surface area contributed by atoms with Crippen LogP contribution in [0.15, 0.2) is 59.5 Å². The molecule has 130 valence electrons. The molecule has 1 aliphatic rings. The van der Waals surface area contributed by atoms with E-state index < -0.39 is 0 Å². The molecule has 5 heteroatoms. The van der Waals surface area contributed by atoms with Gasteiger partial charge in [-0.1, -0.05) is 56.3 Å². The number of thiol groups is 2. The summed E-state index contributed by atoms with van der Waals surface area (Å²) in [6.45, 7) is 5.73. The molecule has 0 aliphatic carbocycles. The van der Waals surface area contributed by atoms with Crippen molar-refractivity contribution >= 4 is 41.1 Å². The Morgan fingerprint density at radius 2 is 1.33 bits per heavy atom. The van der Waals surface area contributed by atoms with Gasteiger partial charge in [-0.05, 0) is 35.2 Å². The van der Waals surface area contributed by atoms with Gasteiger partial charge in [0.05, 0.1) is 0 Å². The van der Waals surface area contributed by atoms with Gasteiger partial charge in [0, 0.05) is 30.8 Å². The van der Waals surface area contributed by atoms with Crippen LogP contribution in [0.1, 0.15) is 26.7 Å². The number of carbonyl (C=O) groups excluding carboxylic acids is 1. The molecule has 0 amide bonds. The van der Waals surface area contributed by atoms with Crippen LogP contribution in [0.2, 0.25) is 0 Å². The zero-order valence-electron chi connectivity index (χ0n) is 14.2. The SMILES string of the molecule is CC.O=C1CCN(Sc2ccc(-c3ccccc3)cc2)CC1.SS. The van der Waals surface area contributed by atoms with Crippen molar-refractivity contribution in [3.8, 4) is 11.1 Å². The van der Waals surface area contributed by atoms with Crippen molar-refractivity contribution in [3.05, 3.63) is 54.6 Å². The van der Waals surface area contributed by atoms with Crippen LogP contribution in [0.5, 0.6) is 0 Å². The highest BCUT2D eigenvalue weighted by molar-refractivity contribution is 8.59. The average Bonchev–Trinajstić information content (AvgIpc) is 2.68. The van der Waals surface area contributed by atoms with Gasteiger partial charge in [-0.2, -0.15) is 0 Å². The fourth-order valence-electron chi connectivity index (χ4n) is 2.31. The summed E-state index contributed by atoms with van der Waals surface area (Å²) in [5, 5.41) is 0. The second-order valence-electron chi connectivity index (χ2n) is 4.95. The molecule has 3 rings (SSSR count). The lowest BCUT2D eigenvalue weighted by Gasteiger charge is -2.24. The van der Waals surface area contributed by atoms with Crippen molar-refractivity contribution in [2.24, 2.45) is 0 Å². The Balaban J connectivity index is 0.000000671. The number of piperidine rings is 1. The molecular weight excluding hydrogens is 354 g/mol. The number of hydrogen-bond acceptors (Lipinski definition) is 5. The summed E-state index contributed by atoms with van der Waals surface area (Å²) in [7, 11) is 0. The first-order chi connectivity index (χ1) is 11.8. The first-order valence-electron chi connectivity index (χ1n) is 8.11. The molecule has 0 atom stereocenters. The fraction of sp³-hybridized carbons (Fsp3) is 0.316. The highest BCUT2D eigenvalue weighted by Crippen LogP contribution is 2.28. The zero-order chi connectivity index (χ0) is 17.8. The normalized spacial score (nSPS) is 14.1. The van der Waals surface area contributed by atoms with Crippen molar-refractivity contribution in [1.82, 2.24) is 4.31 Å². The Labute approximate surface area is 160 Å². The van der Waals surface area contributed by atoms with E-state index in [1.54, 1.807) is 11.9 Å². The lowest BCUT2D eigenvalue weighted by atomic mass is 10.1. The molecular formula is C19H25NOS3. The second-order valence-corrected chi connectivity index (χ2v) is 6.12. The summed E-state index contributed by atoms with van der Waals surface area (Å²) in [6, 6.07) is 19.0. The number of nitrogens with zero attached hydrogens (tertiary/aromatic N) is 1. The summed E-state index contributed by atoms with van der Waals surface area (Å²) < 4.78 is 2.28. The molecule has 0 bridgehead atoms. The van der Waals surface area contributed by atoms with Crippen LogP contribution in [0.4, 0.5) is 0 Å². The molecule has 1 saturated heterocycles. The van der Waals surface area contributed by atoms with Crippen molar-refractivity contribution in [2.45, 2.75) is 31.6 Å². The molecule has 2 aromatic carbocycles. The topological polar surface area (TPSA) is 20.3 Å². The van der Waals surface area contributed by atoms with Gasteiger partial charge in [0.1, 0.15) is 5.78 Å². The van der Waals surface area contributed by atoms with Crippen LogP contribution in [-0.2, 0) is 4.79 Å². The maximum Gasteiger partial charge on any atom is 0.135 e. The van der Waals surface area contributed by atoms with Gasteiger partial charge in [-0.3, -0.25) is 4.79 Å². The summed E-state index contributed by atoms with van der Waals surface area (Å²) >= 11 is 8.20. The quantitative estimate of drug-likeness (QED) is 0.399. The molecule has 0 radical (unpaired) electrons. The lowest BCUT2D eigenvalue weighted by molar-refractivity contribution is -0.120. The van der Waals surface area contributed by atoms with Crippen LogP contribution in [-0.4, -0.2) is 23.2 Å². The Morgan fingerprint density at radius 3 is 1.88 bits per heavy atom.